The van der Waals surface area contributed by atoms with Gasteiger partial charge in [-0.2, -0.15) is 0 Å². The highest BCUT2D eigenvalue weighted by molar-refractivity contribution is 7.15. The van der Waals surface area contributed by atoms with Crippen LogP contribution < -0.4 is 4.90 Å². The van der Waals surface area contributed by atoms with Crippen LogP contribution in [0.2, 0.25) is 0 Å². The molecule has 0 aliphatic rings. The number of anilines is 1. The van der Waals surface area contributed by atoms with Crippen molar-refractivity contribution in [2.75, 3.05) is 18.5 Å². The van der Waals surface area contributed by atoms with E-state index in [0.717, 1.165) is 23.8 Å². The molecule has 0 fully saturated rings. The zero-order valence-electron chi connectivity index (χ0n) is 10.6. The molecular weight excluding hydrogens is 228 g/mol. The Morgan fingerprint density at radius 3 is 2.47 bits per heavy atom. The van der Waals surface area contributed by atoms with Crippen LogP contribution in [-0.4, -0.2) is 18.6 Å². The van der Waals surface area contributed by atoms with Gasteiger partial charge in [-0.05, 0) is 25.8 Å². The predicted octanol–water partition coefficient (Wildman–Crippen LogP) is 3.44. The molecule has 3 heteroatoms. The molecule has 0 saturated carbocycles. The van der Waals surface area contributed by atoms with Gasteiger partial charge in [-0.15, -0.1) is 11.3 Å². The number of thiazole rings is 1. The Morgan fingerprint density at radius 1 is 1.18 bits per heavy atom. The summed E-state index contributed by atoms with van der Waals surface area (Å²) in [7, 11) is 2.11. The van der Waals surface area contributed by atoms with Gasteiger partial charge < -0.3 is 4.90 Å². The van der Waals surface area contributed by atoms with E-state index in [0.29, 0.717) is 0 Å². The first-order valence-corrected chi connectivity index (χ1v) is 6.67. The molecule has 90 valence electrons. The van der Waals surface area contributed by atoms with E-state index >= 15 is 0 Å². The fraction of sp³-hybridized carbons (Fsp3) is 0.357. The molecule has 0 N–H and O–H groups in total. The van der Waals surface area contributed by atoms with E-state index in [1.807, 2.05) is 0 Å². The van der Waals surface area contributed by atoms with Gasteiger partial charge in [0.05, 0.1) is 5.69 Å². The molecule has 0 saturated heterocycles. The first-order valence-electron chi connectivity index (χ1n) is 5.86. The molecule has 2 aromatic rings. The molecule has 0 aliphatic heterocycles. The fourth-order valence-electron chi connectivity index (χ4n) is 1.66. The minimum Gasteiger partial charge on any atom is -0.351 e. The smallest absolute Gasteiger partial charge is 0.185 e. The van der Waals surface area contributed by atoms with Gasteiger partial charge in [0.15, 0.2) is 5.13 Å². The van der Waals surface area contributed by atoms with Crippen molar-refractivity contribution in [3.8, 4) is 0 Å². The van der Waals surface area contributed by atoms with Crippen molar-refractivity contribution >= 4 is 16.5 Å². The van der Waals surface area contributed by atoms with Crippen LogP contribution in [0.15, 0.2) is 30.3 Å². The van der Waals surface area contributed by atoms with E-state index in [1.165, 1.54) is 10.4 Å². The molecule has 0 spiro atoms. The molecule has 0 aliphatic carbocycles. The first-order chi connectivity index (χ1) is 8.16. The second-order valence-corrected chi connectivity index (χ2v) is 5.48. The predicted molar refractivity (Wildman–Crippen MR) is 75.0 cm³/mol. The Kier molecular flexibility index (Phi) is 3.79. The number of likely N-dealkylation sites (N-methyl/N-ethyl adjacent to an activating group) is 1. The molecule has 1 heterocycles. The largest absolute Gasteiger partial charge is 0.351 e. The van der Waals surface area contributed by atoms with Gasteiger partial charge in [0, 0.05) is 18.5 Å². The lowest BCUT2D eigenvalue weighted by Gasteiger charge is -2.15. The standard InChI is InChI=1S/C14H18N2S/c1-11-12(2)17-14(15-11)16(3)10-9-13-7-5-4-6-8-13/h4-8H,9-10H2,1-3H3. The van der Waals surface area contributed by atoms with E-state index in [2.05, 4.69) is 61.1 Å². The lowest BCUT2D eigenvalue weighted by atomic mass is 10.1. The zero-order valence-corrected chi connectivity index (χ0v) is 11.4. The maximum atomic E-state index is 4.57. The molecule has 0 unspecified atom stereocenters. The van der Waals surface area contributed by atoms with Crippen LogP contribution in [0.1, 0.15) is 16.1 Å². The molecule has 0 radical (unpaired) electrons. The normalized spacial score (nSPS) is 10.5. The average molecular weight is 246 g/mol. The van der Waals surface area contributed by atoms with Crippen molar-refractivity contribution in [2.45, 2.75) is 20.3 Å². The van der Waals surface area contributed by atoms with Crippen LogP contribution in [-0.2, 0) is 6.42 Å². The molecule has 0 amide bonds. The Morgan fingerprint density at radius 2 is 1.88 bits per heavy atom. The summed E-state index contributed by atoms with van der Waals surface area (Å²) in [6, 6.07) is 10.6. The highest BCUT2D eigenvalue weighted by Crippen LogP contribution is 2.24. The number of aryl methyl sites for hydroxylation is 2. The summed E-state index contributed by atoms with van der Waals surface area (Å²) in [4.78, 5) is 8.11. The second kappa shape index (κ2) is 5.32. The summed E-state index contributed by atoms with van der Waals surface area (Å²) in [5.41, 5.74) is 2.53. The van der Waals surface area contributed by atoms with Crippen LogP contribution in [0.5, 0.6) is 0 Å². The molecular formula is C14H18N2S. The number of rotatable bonds is 4. The van der Waals surface area contributed by atoms with Crippen molar-refractivity contribution in [2.24, 2.45) is 0 Å². The minimum absolute atomic E-state index is 1.01. The van der Waals surface area contributed by atoms with Crippen molar-refractivity contribution in [3.63, 3.8) is 0 Å². The second-order valence-electron chi connectivity index (χ2n) is 4.30. The Labute approximate surface area is 107 Å². The monoisotopic (exact) mass is 246 g/mol. The number of hydrogen-bond acceptors (Lipinski definition) is 3. The van der Waals surface area contributed by atoms with Gasteiger partial charge in [0.2, 0.25) is 0 Å². The Hall–Kier alpha value is -1.35. The van der Waals surface area contributed by atoms with Crippen LogP contribution >= 0.6 is 11.3 Å². The van der Waals surface area contributed by atoms with Gasteiger partial charge in [0.1, 0.15) is 0 Å². The van der Waals surface area contributed by atoms with Gasteiger partial charge >= 0.3 is 0 Å². The maximum Gasteiger partial charge on any atom is 0.185 e. The molecule has 0 bridgehead atoms. The average Bonchev–Trinajstić information content (AvgIpc) is 2.68. The minimum atomic E-state index is 1.01. The lowest BCUT2D eigenvalue weighted by Crippen LogP contribution is -2.20. The van der Waals surface area contributed by atoms with Crippen molar-refractivity contribution < 1.29 is 0 Å². The summed E-state index contributed by atoms with van der Waals surface area (Å²) >= 11 is 1.77. The third-order valence-corrected chi connectivity index (χ3v) is 4.11. The SMILES string of the molecule is Cc1nc(N(C)CCc2ccccc2)sc1C. The van der Waals surface area contributed by atoms with Crippen LogP contribution in [0.3, 0.4) is 0 Å². The van der Waals surface area contributed by atoms with Crippen LogP contribution in [0.25, 0.3) is 0 Å². The number of aromatic nitrogens is 1. The third kappa shape index (κ3) is 3.07. The summed E-state index contributed by atoms with van der Waals surface area (Å²) in [5, 5.41) is 1.12. The summed E-state index contributed by atoms with van der Waals surface area (Å²) in [6.45, 7) is 5.21. The fourth-order valence-corrected chi connectivity index (χ4v) is 2.55. The molecule has 2 nitrogen and oxygen atoms in total. The molecule has 2 rings (SSSR count). The van der Waals surface area contributed by atoms with Crippen molar-refractivity contribution in [1.82, 2.24) is 4.98 Å². The Balaban J connectivity index is 1.96. The molecule has 1 aromatic carbocycles. The van der Waals surface area contributed by atoms with Crippen LogP contribution in [0, 0.1) is 13.8 Å². The van der Waals surface area contributed by atoms with E-state index in [9.17, 15) is 0 Å². The quantitative estimate of drug-likeness (QED) is 0.821. The van der Waals surface area contributed by atoms with E-state index in [4.69, 9.17) is 0 Å². The highest BCUT2D eigenvalue weighted by Gasteiger charge is 2.08. The maximum absolute atomic E-state index is 4.57. The topological polar surface area (TPSA) is 16.1 Å². The van der Waals surface area contributed by atoms with Crippen LogP contribution in [0.4, 0.5) is 5.13 Å². The summed E-state index contributed by atoms with van der Waals surface area (Å²) in [5.74, 6) is 0. The first kappa shape index (κ1) is 12.1. The summed E-state index contributed by atoms with van der Waals surface area (Å²) in [6.07, 6.45) is 1.06. The molecule has 17 heavy (non-hydrogen) atoms. The highest BCUT2D eigenvalue weighted by atomic mass is 32.1. The van der Waals surface area contributed by atoms with Gasteiger partial charge in [-0.25, -0.2) is 4.98 Å². The Bertz CT molecular complexity index is 457. The van der Waals surface area contributed by atoms with Gasteiger partial charge in [-0.3, -0.25) is 0 Å². The van der Waals surface area contributed by atoms with Gasteiger partial charge in [0.25, 0.3) is 0 Å². The number of benzene rings is 1. The van der Waals surface area contributed by atoms with E-state index < -0.39 is 0 Å². The van der Waals surface area contributed by atoms with Gasteiger partial charge in [-0.1, -0.05) is 30.3 Å². The lowest BCUT2D eigenvalue weighted by molar-refractivity contribution is 0.869. The van der Waals surface area contributed by atoms with E-state index in [1.54, 1.807) is 11.3 Å². The number of nitrogens with zero attached hydrogens (tertiary/aromatic N) is 2. The van der Waals surface area contributed by atoms with E-state index in [-0.39, 0.29) is 0 Å². The molecule has 1 aromatic heterocycles. The zero-order chi connectivity index (χ0) is 12.3. The van der Waals surface area contributed by atoms with Crippen molar-refractivity contribution in [1.29, 1.82) is 0 Å². The molecule has 0 atom stereocenters. The third-order valence-electron chi connectivity index (χ3n) is 2.92. The number of hydrogen-bond donors (Lipinski definition) is 0. The summed E-state index contributed by atoms with van der Waals surface area (Å²) < 4.78 is 0. The van der Waals surface area contributed by atoms with Crippen molar-refractivity contribution in [3.05, 3.63) is 46.5 Å².